The minimum atomic E-state index is 0.0797. The van der Waals surface area contributed by atoms with Gasteiger partial charge in [-0.1, -0.05) is 37.0 Å². The van der Waals surface area contributed by atoms with Crippen molar-refractivity contribution in [3.8, 4) is 5.88 Å². The lowest BCUT2D eigenvalue weighted by Crippen LogP contribution is -2.03. The van der Waals surface area contributed by atoms with Gasteiger partial charge in [0.15, 0.2) is 5.69 Å². The number of aromatic hydroxyl groups is 1. The molecule has 0 amide bonds. The Bertz CT molecular complexity index is 1210. The lowest BCUT2D eigenvalue weighted by atomic mass is 10.2. The molecule has 142 valence electrons. The van der Waals surface area contributed by atoms with Gasteiger partial charge in [0.2, 0.25) is 5.88 Å². The fourth-order valence-electron chi connectivity index (χ4n) is 3.24. The van der Waals surface area contributed by atoms with Crippen molar-refractivity contribution in [2.75, 3.05) is 0 Å². The summed E-state index contributed by atoms with van der Waals surface area (Å²) in [6.07, 6.45) is 1.66. The summed E-state index contributed by atoms with van der Waals surface area (Å²) in [6.45, 7) is 4.85. The van der Waals surface area contributed by atoms with E-state index in [4.69, 9.17) is 23.2 Å². The second-order valence-electron chi connectivity index (χ2n) is 7.03. The lowest BCUT2D eigenvalue weighted by Gasteiger charge is -2.09. The van der Waals surface area contributed by atoms with Gasteiger partial charge in [0, 0.05) is 33.6 Å². The Hall–Kier alpha value is -2.63. The van der Waals surface area contributed by atoms with E-state index in [1.807, 2.05) is 16.7 Å². The van der Waals surface area contributed by atoms with Gasteiger partial charge in [0.1, 0.15) is 0 Å². The third-order valence-corrected chi connectivity index (χ3v) is 4.93. The quantitative estimate of drug-likeness (QED) is 0.358. The highest BCUT2D eigenvalue weighted by Crippen LogP contribution is 2.41. The number of rotatable bonds is 4. The van der Waals surface area contributed by atoms with Crippen molar-refractivity contribution >= 4 is 56.4 Å². The van der Waals surface area contributed by atoms with Crippen molar-refractivity contribution in [2.24, 2.45) is 16.1 Å². The highest BCUT2D eigenvalue weighted by molar-refractivity contribution is 6.31. The molecule has 0 aliphatic rings. The number of benzene rings is 2. The van der Waals surface area contributed by atoms with E-state index in [0.29, 0.717) is 33.9 Å². The first-order valence-corrected chi connectivity index (χ1v) is 9.66. The van der Waals surface area contributed by atoms with Crippen LogP contribution in [0.3, 0.4) is 0 Å². The molecule has 0 bridgehead atoms. The van der Waals surface area contributed by atoms with E-state index < -0.39 is 0 Å². The standard InChI is InChI=1S/C21H18Cl2N4O/c1-12(2)11-27-19-6-4-13(22)9-16(19)20(21(27)28)26-25-17-7-8-24-18-10-14(23)3-5-15(17)18/h3-10,12,28H,11H2,1-2H3. The molecule has 1 N–H and O–H groups in total. The molecule has 2 heterocycles. The summed E-state index contributed by atoms with van der Waals surface area (Å²) in [4.78, 5) is 4.32. The Morgan fingerprint density at radius 3 is 2.54 bits per heavy atom. The van der Waals surface area contributed by atoms with Gasteiger partial charge < -0.3 is 9.67 Å². The van der Waals surface area contributed by atoms with Crippen molar-refractivity contribution in [3.05, 3.63) is 58.7 Å². The largest absolute Gasteiger partial charge is 0.493 e. The molecular formula is C21H18Cl2N4O. The smallest absolute Gasteiger partial charge is 0.220 e. The van der Waals surface area contributed by atoms with Gasteiger partial charge in [0.25, 0.3) is 0 Å². The predicted octanol–water partition coefficient (Wildman–Crippen LogP) is 7.27. The molecule has 4 rings (SSSR count). The number of hydrogen-bond acceptors (Lipinski definition) is 4. The van der Waals surface area contributed by atoms with Crippen LogP contribution in [0.1, 0.15) is 13.8 Å². The van der Waals surface area contributed by atoms with Gasteiger partial charge in [-0.3, -0.25) is 4.98 Å². The van der Waals surface area contributed by atoms with E-state index in [2.05, 4.69) is 29.1 Å². The maximum absolute atomic E-state index is 10.8. The highest BCUT2D eigenvalue weighted by atomic mass is 35.5. The fourth-order valence-corrected chi connectivity index (χ4v) is 3.58. The fraction of sp³-hybridized carbons (Fsp3) is 0.190. The first kappa shape index (κ1) is 18.7. The van der Waals surface area contributed by atoms with Crippen molar-refractivity contribution in [1.82, 2.24) is 9.55 Å². The van der Waals surface area contributed by atoms with Crippen LogP contribution < -0.4 is 0 Å². The molecule has 0 aliphatic heterocycles. The summed E-state index contributed by atoms with van der Waals surface area (Å²) < 4.78 is 1.84. The zero-order valence-corrected chi connectivity index (χ0v) is 16.9. The molecule has 0 atom stereocenters. The van der Waals surface area contributed by atoms with E-state index in [-0.39, 0.29) is 5.88 Å². The van der Waals surface area contributed by atoms with Crippen LogP contribution in [0.5, 0.6) is 5.88 Å². The minimum absolute atomic E-state index is 0.0797. The number of pyridine rings is 1. The average molecular weight is 413 g/mol. The topological polar surface area (TPSA) is 62.8 Å². The monoisotopic (exact) mass is 412 g/mol. The van der Waals surface area contributed by atoms with Crippen molar-refractivity contribution in [2.45, 2.75) is 20.4 Å². The van der Waals surface area contributed by atoms with Gasteiger partial charge in [-0.05, 0) is 48.4 Å². The second-order valence-corrected chi connectivity index (χ2v) is 7.90. The van der Waals surface area contributed by atoms with E-state index >= 15 is 0 Å². The zero-order valence-electron chi connectivity index (χ0n) is 15.4. The zero-order chi connectivity index (χ0) is 19.8. The van der Waals surface area contributed by atoms with Crippen molar-refractivity contribution in [3.63, 3.8) is 0 Å². The summed E-state index contributed by atoms with van der Waals surface area (Å²) in [7, 11) is 0. The van der Waals surface area contributed by atoms with Gasteiger partial charge in [-0.25, -0.2) is 0 Å². The Balaban J connectivity index is 1.86. The first-order valence-electron chi connectivity index (χ1n) is 8.91. The molecule has 28 heavy (non-hydrogen) atoms. The molecule has 5 nitrogen and oxygen atoms in total. The third kappa shape index (κ3) is 3.43. The van der Waals surface area contributed by atoms with Crippen molar-refractivity contribution in [1.29, 1.82) is 0 Å². The predicted molar refractivity (Wildman–Crippen MR) is 114 cm³/mol. The SMILES string of the molecule is CC(C)Cn1c(O)c(N=Nc2ccnc3cc(Cl)ccc23)c2cc(Cl)ccc21. The molecule has 0 saturated carbocycles. The maximum Gasteiger partial charge on any atom is 0.220 e. The number of aromatic nitrogens is 2. The molecule has 0 unspecified atom stereocenters. The van der Waals surface area contributed by atoms with Crippen molar-refractivity contribution < 1.29 is 5.11 Å². The molecule has 0 aliphatic carbocycles. The van der Waals surface area contributed by atoms with Gasteiger partial charge in [-0.2, -0.15) is 0 Å². The Morgan fingerprint density at radius 1 is 1.00 bits per heavy atom. The summed E-state index contributed by atoms with van der Waals surface area (Å²) in [5.74, 6) is 0.437. The number of azo groups is 1. The number of nitrogens with zero attached hydrogens (tertiary/aromatic N) is 4. The summed E-state index contributed by atoms with van der Waals surface area (Å²) in [5, 5.41) is 22.4. The summed E-state index contributed by atoms with van der Waals surface area (Å²) in [5.41, 5.74) is 2.65. The molecule has 2 aromatic heterocycles. The molecule has 4 aromatic rings. The van der Waals surface area contributed by atoms with Crippen LogP contribution in [0.15, 0.2) is 58.9 Å². The van der Waals surface area contributed by atoms with Crippen LogP contribution in [-0.2, 0) is 6.54 Å². The van der Waals surface area contributed by atoms with Gasteiger partial charge in [0.05, 0.1) is 16.7 Å². The maximum atomic E-state index is 10.8. The van der Waals surface area contributed by atoms with Crippen LogP contribution in [0.4, 0.5) is 11.4 Å². The summed E-state index contributed by atoms with van der Waals surface area (Å²) in [6, 6.07) is 12.7. The van der Waals surface area contributed by atoms with Crippen LogP contribution in [0.25, 0.3) is 21.8 Å². The first-order chi connectivity index (χ1) is 13.4. The van der Waals surface area contributed by atoms with E-state index in [0.717, 1.165) is 21.8 Å². The molecule has 0 fully saturated rings. The minimum Gasteiger partial charge on any atom is -0.493 e. The summed E-state index contributed by atoms with van der Waals surface area (Å²) >= 11 is 12.2. The van der Waals surface area contributed by atoms with E-state index in [1.54, 1.807) is 36.5 Å². The molecule has 7 heteroatoms. The van der Waals surface area contributed by atoms with Gasteiger partial charge in [-0.15, -0.1) is 10.2 Å². The van der Waals surface area contributed by atoms with Crippen LogP contribution in [-0.4, -0.2) is 14.7 Å². The van der Waals surface area contributed by atoms with E-state index in [9.17, 15) is 5.11 Å². The van der Waals surface area contributed by atoms with Crippen LogP contribution >= 0.6 is 23.2 Å². The Labute approximate surface area is 172 Å². The molecule has 0 saturated heterocycles. The average Bonchev–Trinajstić information content (AvgIpc) is 2.90. The molecule has 0 radical (unpaired) electrons. The third-order valence-electron chi connectivity index (χ3n) is 4.46. The van der Waals surface area contributed by atoms with Crippen LogP contribution in [0, 0.1) is 5.92 Å². The number of fused-ring (bicyclic) bond motifs is 2. The van der Waals surface area contributed by atoms with Crippen LogP contribution in [0.2, 0.25) is 10.0 Å². The number of halogens is 2. The normalized spacial score (nSPS) is 12.0. The molecule has 2 aromatic carbocycles. The molecule has 0 spiro atoms. The molecular weight excluding hydrogens is 395 g/mol. The number of hydrogen-bond donors (Lipinski definition) is 1. The van der Waals surface area contributed by atoms with E-state index in [1.165, 1.54) is 0 Å². The Kier molecular flexibility index (Phi) is 4.96. The van der Waals surface area contributed by atoms with Gasteiger partial charge >= 0.3 is 0 Å². The highest BCUT2D eigenvalue weighted by Gasteiger charge is 2.18. The second kappa shape index (κ2) is 7.41. The Morgan fingerprint density at radius 2 is 1.75 bits per heavy atom. The lowest BCUT2D eigenvalue weighted by molar-refractivity contribution is 0.401.